The minimum atomic E-state index is -0.306. The Morgan fingerprint density at radius 2 is 1.34 bits per heavy atom. The van der Waals surface area contributed by atoms with Crippen molar-refractivity contribution >= 4 is 17.7 Å². The highest BCUT2D eigenvalue weighted by molar-refractivity contribution is 5.95. The summed E-state index contributed by atoms with van der Waals surface area (Å²) in [6.07, 6.45) is 1.42. The van der Waals surface area contributed by atoms with Crippen LogP contribution in [0.15, 0.2) is 48.5 Å². The lowest BCUT2D eigenvalue weighted by Gasteiger charge is -2.35. The van der Waals surface area contributed by atoms with Crippen molar-refractivity contribution < 1.29 is 19.1 Å². The first-order valence-electron chi connectivity index (χ1n) is 11.1. The fraction of sp³-hybridized carbons (Fsp3) is 0.400. The van der Waals surface area contributed by atoms with Crippen LogP contribution < -0.4 is 0 Å². The smallest absolute Gasteiger partial charge is 0.253 e. The molecule has 2 aromatic rings. The zero-order valence-corrected chi connectivity index (χ0v) is 18.6. The van der Waals surface area contributed by atoms with Crippen LogP contribution in [0.25, 0.3) is 11.1 Å². The number of amides is 3. The summed E-state index contributed by atoms with van der Waals surface area (Å²) >= 11 is 0. The first-order chi connectivity index (χ1) is 15.4. The summed E-state index contributed by atoms with van der Waals surface area (Å²) in [7, 11) is 3.46. The Labute approximate surface area is 188 Å². The molecule has 2 fully saturated rings. The molecule has 1 atom stereocenters. The van der Waals surface area contributed by atoms with Crippen LogP contribution in [0.2, 0.25) is 0 Å². The van der Waals surface area contributed by atoms with Gasteiger partial charge in [-0.2, -0.15) is 0 Å². The molecule has 3 amide bonds. The van der Waals surface area contributed by atoms with Crippen LogP contribution in [-0.2, 0) is 9.53 Å². The molecule has 0 aromatic heterocycles. The molecule has 7 nitrogen and oxygen atoms in total. The van der Waals surface area contributed by atoms with E-state index >= 15 is 0 Å². The van der Waals surface area contributed by atoms with Gasteiger partial charge in [0.2, 0.25) is 0 Å². The molecule has 2 heterocycles. The number of piperazine rings is 1. The Balaban J connectivity index is 1.35. The number of benzene rings is 2. The van der Waals surface area contributed by atoms with Crippen LogP contribution in [-0.4, -0.2) is 85.4 Å². The summed E-state index contributed by atoms with van der Waals surface area (Å²) in [5.41, 5.74) is 3.24. The van der Waals surface area contributed by atoms with Gasteiger partial charge in [0.05, 0.1) is 0 Å². The molecule has 2 aliphatic heterocycles. The van der Waals surface area contributed by atoms with Crippen LogP contribution >= 0.6 is 0 Å². The molecule has 7 heteroatoms. The second-order valence-electron chi connectivity index (χ2n) is 8.47. The molecule has 0 N–H and O–H groups in total. The lowest BCUT2D eigenvalue weighted by atomic mass is 10.0. The summed E-state index contributed by atoms with van der Waals surface area (Å²) in [6.45, 7) is 2.80. The number of nitrogens with zero attached hydrogens (tertiary/aromatic N) is 3. The van der Waals surface area contributed by atoms with Gasteiger partial charge >= 0.3 is 0 Å². The van der Waals surface area contributed by atoms with E-state index in [2.05, 4.69) is 0 Å². The molecule has 0 bridgehead atoms. The molecule has 0 saturated carbocycles. The van der Waals surface area contributed by atoms with Crippen LogP contribution in [0, 0.1) is 0 Å². The largest absolute Gasteiger partial charge is 0.368 e. The highest BCUT2D eigenvalue weighted by Gasteiger charge is 2.31. The van der Waals surface area contributed by atoms with E-state index in [-0.39, 0.29) is 23.8 Å². The van der Waals surface area contributed by atoms with Crippen LogP contribution in [0.4, 0.5) is 0 Å². The second kappa shape index (κ2) is 9.53. The average Bonchev–Trinajstić information content (AvgIpc) is 3.38. The molecule has 2 saturated heterocycles. The number of hydrogen-bond acceptors (Lipinski definition) is 4. The van der Waals surface area contributed by atoms with Gasteiger partial charge in [-0.15, -0.1) is 0 Å². The van der Waals surface area contributed by atoms with Gasteiger partial charge < -0.3 is 19.4 Å². The third-order valence-corrected chi connectivity index (χ3v) is 6.09. The Hall–Kier alpha value is -3.19. The van der Waals surface area contributed by atoms with Crippen molar-refractivity contribution in [1.82, 2.24) is 14.7 Å². The number of rotatable bonds is 4. The van der Waals surface area contributed by atoms with Crippen molar-refractivity contribution in [1.29, 1.82) is 0 Å². The number of carbonyl (C=O) groups excluding carboxylic acids is 3. The second-order valence-corrected chi connectivity index (χ2v) is 8.47. The van der Waals surface area contributed by atoms with Crippen molar-refractivity contribution in [3.63, 3.8) is 0 Å². The lowest BCUT2D eigenvalue weighted by Crippen LogP contribution is -2.52. The fourth-order valence-electron chi connectivity index (χ4n) is 4.16. The Kier molecular flexibility index (Phi) is 6.55. The van der Waals surface area contributed by atoms with Crippen molar-refractivity contribution in [3.05, 3.63) is 59.7 Å². The quantitative estimate of drug-likeness (QED) is 0.740. The molecule has 0 spiro atoms. The van der Waals surface area contributed by atoms with Crippen molar-refractivity contribution in [2.24, 2.45) is 0 Å². The molecule has 2 aliphatic rings. The van der Waals surface area contributed by atoms with Crippen LogP contribution in [0.3, 0.4) is 0 Å². The normalized spacial score (nSPS) is 18.5. The van der Waals surface area contributed by atoms with Crippen molar-refractivity contribution in [2.45, 2.75) is 18.9 Å². The SMILES string of the molecule is CN(C)C(=O)c1ccc(-c2ccc(C(=O)N3CCN(C(=O)[C@@H]4CCCO4)CC3)cc2)cc1. The van der Waals surface area contributed by atoms with Crippen LogP contribution in [0.5, 0.6) is 0 Å². The maximum Gasteiger partial charge on any atom is 0.253 e. The number of carbonyl (C=O) groups is 3. The molecule has 0 aliphatic carbocycles. The average molecular weight is 436 g/mol. The highest BCUT2D eigenvalue weighted by atomic mass is 16.5. The topological polar surface area (TPSA) is 70.2 Å². The minimum absolute atomic E-state index is 0.0207. The van der Waals surface area contributed by atoms with E-state index in [1.54, 1.807) is 23.9 Å². The maximum atomic E-state index is 12.9. The third kappa shape index (κ3) is 4.67. The predicted molar refractivity (Wildman–Crippen MR) is 121 cm³/mol. The number of ether oxygens (including phenoxy) is 1. The van der Waals surface area contributed by atoms with Gasteiger partial charge in [0.1, 0.15) is 6.10 Å². The summed E-state index contributed by atoms with van der Waals surface area (Å²) < 4.78 is 5.50. The van der Waals surface area contributed by atoms with E-state index in [1.807, 2.05) is 53.4 Å². The van der Waals surface area contributed by atoms with E-state index in [9.17, 15) is 14.4 Å². The minimum Gasteiger partial charge on any atom is -0.368 e. The Bertz CT molecular complexity index is 971. The predicted octanol–water partition coefficient (Wildman–Crippen LogP) is 2.52. The summed E-state index contributed by atoms with van der Waals surface area (Å²) in [4.78, 5) is 42.6. The van der Waals surface area contributed by atoms with E-state index < -0.39 is 0 Å². The van der Waals surface area contributed by atoms with E-state index in [0.29, 0.717) is 43.9 Å². The van der Waals surface area contributed by atoms with Crippen molar-refractivity contribution in [2.75, 3.05) is 46.9 Å². The van der Waals surface area contributed by atoms with Gasteiger partial charge in [-0.05, 0) is 48.2 Å². The molecule has 0 radical (unpaired) electrons. The third-order valence-electron chi connectivity index (χ3n) is 6.09. The van der Waals surface area contributed by atoms with Gasteiger partial charge in [0.25, 0.3) is 17.7 Å². The van der Waals surface area contributed by atoms with Gasteiger partial charge in [-0.3, -0.25) is 14.4 Å². The molecule has 0 unspecified atom stereocenters. The Morgan fingerprint density at radius 1 is 0.812 bits per heavy atom. The van der Waals surface area contributed by atoms with Crippen molar-refractivity contribution in [3.8, 4) is 11.1 Å². The Morgan fingerprint density at radius 3 is 1.84 bits per heavy atom. The van der Waals surface area contributed by atoms with Gasteiger partial charge in [-0.1, -0.05) is 24.3 Å². The fourth-order valence-corrected chi connectivity index (χ4v) is 4.16. The maximum absolute atomic E-state index is 12.9. The molecule has 32 heavy (non-hydrogen) atoms. The number of hydrogen-bond donors (Lipinski definition) is 0. The van der Waals surface area contributed by atoms with E-state index in [0.717, 1.165) is 24.0 Å². The van der Waals surface area contributed by atoms with Gasteiger partial charge in [0.15, 0.2) is 0 Å². The molecule has 4 rings (SSSR count). The zero-order chi connectivity index (χ0) is 22.7. The zero-order valence-electron chi connectivity index (χ0n) is 18.6. The van der Waals surface area contributed by atoms with Crippen LogP contribution in [0.1, 0.15) is 33.6 Å². The van der Waals surface area contributed by atoms with E-state index in [1.165, 1.54) is 0 Å². The first kappa shape index (κ1) is 22.0. The molecule has 2 aromatic carbocycles. The summed E-state index contributed by atoms with van der Waals surface area (Å²) in [5, 5.41) is 0. The first-order valence-corrected chi connectivity index (χ1v) is 11.1. The monoisotopic (exact) mass is 435 g/mol. The molecular weight excluding hydrogens is 406 g/mol. The van der Waals surface area contributed by atoms with E-state index in [4.69, 9.17) is 4.74 Å². The summed E-state index contributed by atoms with van der Waals surface area (Å²) in [6, 6.07) is 15.0. The molecular formula is C25H29N3O4. The standard InChI is InChI=1S/C25H29N3O4/c1-26(2)23(29)20-9-5-18(6-10-20)19-7-11-21(12-8-19)24(30)27-13-15-28(16-14-27)25(31)22-4-3-17-32-22/h5-12,22H,3-4,13-17H2,1-2H3/t22-/m0/s1. The molecule has 168 valence electrons. The van der Waals surface area contributed by atoms with Gasteiger partial charge in [-0.25, -0.2) is 0 Å². The highest BCUT2D eigenvalue weighted by Crippen LogP contribution is 2.22. The lowest BCUT2D eigenvalue weighted by molar-refractivity contribution is -0.142. The summed E-state index contributed by atoms with van der Waals surface area (Å²) in [5.74, 6) is 0.00000477. The van der Waals surface area contributed by atoms with Gasteiger partial charge in [0, 0.05) is 58.0 Å².